The number of hydrogen-bond acceptors (Lipinski definition) is 4. The molecule has 2 aromatic carbocycles. The first-order valence-corrected chi connectivity index (χ1v) is 7.68. The second kappa shape index (κ2) is 6.58. The topological polar surface area (TPSA) is 93.5 Å². The van der Waals surface area contributed by atoms with Crippen LogP contribution in [0, 0.1) is 0 Å². The van der Waals surface area contributed by atoms with Crippen LogP contribution in [0.3, 0.4) is 0 Å². The zero-order valence-corrected chi connectivity index (χ0v) is 13.0. The summed E-state index contributed by atoms with van der Waals surface area (Å²) in [5, 5.41) is 10.9. The molecule has 5 nitrogen and oxygen atoms in total. The number of amides is 1. The molecule has 3 N–H and O–H groups in total. The van der Waals surface area contributed by atoms with Crippen molar-refractivity contribution in [2.45, 2.75) is 19.3 Å². The molecule has 0 aliphatic carbocycles. The van der Waals surface area contributed by atoms with Gasteiger partial charge in [-0.1, -0.05) is 24.3 Å². The van der Waals surface area contributed by atoms with Gasteiger partial charge in [-0.3, -0.25) is 4.79 Å². The zero-order chi connectivity index (χ0) is 17.1. The van der Waals surface area contributed by atoms with Crippen molar-refractivity contribution in [1.29, 1.82) is 0 Å². The number of nitrogens with two attached hydrogens (primary N) is 1. The van der Waals surface area contributed by atoms with E-state index in [-0.39, 0.29) is 11.3 Å². The van der Waals surface area contributed by atoms with Gasteiger partial charge in [-0.05, 0) is 49.1 Å². The Morgan fingerprint density at radius 2 is 1.88 bits per heavy atom. The summed E-state index contributed by atoms with van der Waals surface area (Å²) in [7, 11) is 0. The quantitative estimate of drug-likeness (QED) is 0.706. The number of aromatic hydroxyl groups is 1. The van der Waals surface area contributed by atoms with E-state index in [0.29, 0.717) is 35.8 Å². The molecule has 0 bridgehead atoms. The van der Waals surface area contributed by atoms with Gasteiger partial charge in [-0.15, -0.1) is 0 Å². The van der Waals surface area contributed by atoms with Crippen molar-refractivity contribution in [2.24, 2.45) is 5.73 Å². The van der Waals surface area contributed by atoms with Gasteiger partial charge in [0, 0.05) is 5.56 Å². The highest BCUT2D eigenvalue weighted by molar-refractivity contribution is 5.92. The molecule has 1 heterocycles. The summed E-state index contributed by atoms with van der Waals surface area (Å²) in [6.45, 7) is 0. The first kappa shape index (κ1) is 15.8. The van der Waals surface area contributed by atoms with Gasteiger partial charge in [-0.25, -0.2) is 4.79 Å². The Morgan fingerprint density at radius 3 is 2.67 bits per heavy atom. The third-order valence-corrected chi connectivity index (χ3v) is 3.98. The second-order valence-electron chi connectivity index (χ2n) is 5.63. The highest BCUT2D eigenvalue weighted by Crippen LogP contribution is 2.26. The molecular formula is C19H17NO4. The van der Waals surface area contributed by atoms with Crippen LogP contribution in [0.25, 0.3) is 11.0 Å². The molecule has 3 aromatic rings. The average molecular weight is 323 g/mol. The van der Waals surface area contributed by atoms with Crippen molar-refractivity contribution in [3.8, 4) is 5.75 Å². The van der Waals surface area contributed by atoms with Gasteiger partial charge in [0.25, 0.3) is 0 Å². The Morgan fingerprint density at radius 1 is 1.08 bits per heavy atom. The number of aryl methyl sites for hydroxylation is 1. The predicted molar refractivity (Wildman–Crippen MR) is 91.1 cm³/mol. The number of carbonyl (C=O) groups is 1. The lowest BCUT2D eigenvalue weighted by molar-refractivity contribution is 0.1000. The molecule has 0 saturated carbocycles. The molecule has 1 aromatic heterocycles. The number of rotatable bonds is 5. The van der Waals surface area contributed by atoms with Crippen LogP contribution < -0.4 is 11.4 Å². The van der Waals surface area contributed by atoms with Gasteiger partial charge >= 0.3 is 5.63 Å². The molecule has 0 unspecified atom stereocenters. The maximum atomic E-state index is 12.1. The maximum absolute atomic E-state index is 12.1. The summed E-state index contributed by atoms with van der Waals surface area (Å²) >= 11 is 0. The molecule has 0 aliphatic rings. The normalized spacial score (nSPS) is 10.8. The minimum atomic E-state index is -0.517. The van der Waals surface area contributed by atoms with Crippen molar-refractivity contribution < 1.29 is 14.3 Å². The smallest absolute Gasteiger partial charge is 0.343 e. The van der Waals surface area contributed by atoms with Crippen molar-refractivity contribution in [1.82, 2.24) is 0 Å². The summed E-state index contributed by atoms with van der Waals surface area (Å²) in [4.78, 5) is 23.2. The number of primary amides is 1. The van der Waals surface area contributed by atoms with E-state index >= 15 is 0 Å². The lowest BCUT2D eigenvalue weighted by Gasteiger charge is -2.07. The van der Waals surface area contributed by atoms with Crippen LogP contribution in [0.4, 0.5) is 0 Å². The minimum Gasteiger partial charge on any atom is -0.507 e. The van der Waals surface area contributed by atoms with Crippen molar-refractivity contribution in [3.63, 3.8) is 0 Å². The maximum Gasteiger partial charge on any atom is 0.343 e. The highest BCUT2D eigenvalue weighted by Gasteiger charge is 2.13. The summed E-state index contributed by atoms with van der Waals surface area (Å²) in [6, 6.07) is 14.0. The molecule has 3 rings (SSSR count). The summed E-state index contributed by atoms with van der Waals surface area (Å²) in [5.74, 6) is -0.489. The van der Waals surface area contributed by atoms with E-state index in [4.69, 9.17) is 10.2 Å². The Bertz CT molecular complexity index is 959. The summed E-state index contributed by atoms with van der Waals surface area (Å²) in [5.41, 5.74) is 6.82. The first-order chi connectivity index (χ1) is 11.6. The Labute approximate surface area is 138 Å². The molecule has 24 heavy (non-hydrogen) atoms. The molecule has 0 saturated heterocycles. The Kier molecular flexibility index (Phi) is 4.33. The fourth-order valence-corrected chi connectivity index (χ4v) is 2.74. The molecule has 0 radical (unpaired) electrons. The largest absolute Gasteiger partial charge is 0.507 e. The van der Waals surface area contributed by atoms with Crippen LogP contribution in [-0.4, -0.2) is 11.0 Å². The average Bonchev–Trinajstić information content (AvgIpc) is 2.58. The first-order valence-electron chi connectivity index (χ1n) is 7.68. The van der Waals surface area contributed by atoms with E-state index in [1.54, 1.807) is 42.5 Å². The molecule has 1 amide bonds. The monoisotopic (exact) mass is 323 g/mol. The molecular weight excluding hydrogens is 306 g/mol. The van der Waals surface area contributed by atoms with E-state index in [9.17, 15) is 14.7 Å². The van der Waals surface area contributed by atoms with Crippen LogP contribution in [0.1, 0.15) is 27.9 Å². The second-order valence-corrected chi connectivity index (χ2v) is 5.63. The summed E-state index contributed by atoms with van der Waals surface area (Å²) < 4.78 is 5.25. The molecule has 122 valence electrons. The van der Waals surface area contributed by atoms with E-state index in [1.165, 1.54) is 0 Å². The van der Waals surface area contributed by atoms with Gasteiger partial charge in [0.05, 0.1) is 10.9 Å². The van der Waals surface area contributed by atoms with Crippen LogP contribution in [-0.2, 0) is 12.8 Å². The molecule has 0 aliphatic heterocycles. The third-order valence-electron chi connectivity index (χ3n) is 3.98. The van der Waals surface area contributed by atoms with Crippen molar-refractivity contribution >= 4 is 16.9 Å². The lowest BCUT2D eigenvalue weighted by atomic mass is 10.0. The number of carbonyl (C=O) groups excluding carboxylic acids is 1. The van der Waals surface area contributed by atoms with E-state index in [1.807, 2.05) is 6.07 Å². The number of benzene rings is 2. The third kappa shape index (κ3) is 3.15. The number of para-hydroxylation sites is 1. The highest BCUT2D eigenvalue weighted by atomic mass is 16.4. The molecule has 5 heteroatoms. The van der Waals surface area contributed by atoms with Crippen LogP contribution >= 0.6 is 0 Å². The fraction of sp³-hybridized carbons (Fsp3) is 0.158. The van der Waals surface area contributed by atoms with Crippen molar-refractivity contribution in [2.75, 3.05) is 0 Å². The summed E-state index contributed by atoms with van der Waals surface area (Å²) in [6.07, 6.45) is 1.69. The fourth-order valence-electron chi connectivity index (χ4n) is 2.74. The molecule has 0 fully saturated rings. The van der Waals surface area contributed by atoms with Gasteiger partial charge in [0.1, 0.15) is 11.3 Å². The lowest BCUT2D eigenvalue weighted by Crippen LogP contribution is -2.11. The SMILES string of the molecule is NC(=O)c1cccc(CCCc2c(O)c3ccccc3oc2=O)c1. The van der Waals surface area contributed by atoms with Gasteiger partial charge in [0.15, 0.2) is 0 Å². The van der Waals surface area contributed by atoms with Gasteiger partial charge in [-0.2, -0.15) is 0 Å². The standard InChI is InChI=1S/C19H17NO4/c20-18(22)13-7-3-5-12(11-13)6-4-9-15-17(21)14-8-1-2-10-16(14)24-19(15)23/h1-3,5,7-8,10-11,21H,4,6,9H2,(H2,20,22). The van der Waals surface area contributed by atoms with Crippen LogP contribution in [0.2, 0.25) is 0 Å². The van der Waals surface area contributed by atoms with Gasteiger partial charge in [0.2, 0.25) is 5.91 Å². The van der Waals surface area contributed by atoms with E-state index in [0.717, 1.165) is 5.56 Å². The van der Waals surface area contributed by atoms with E-state index in [2.05, 4.69) is 0 Å². The van der Waals surface area contributed by atoms with Gasteiger partial charge < -0.3 is 15.3 Å². The van der Waals surface area contributed by atoms with Crippen molar-refractivity contribution in [3.05, 3.63) is 75.6 Å². The minimum absolute atomic E-state index is 0.0206. The van der Waals surface area contributed by atoms with E-state index < -0.39 is 11.5 Å². The predicted octanol–water partition coefficient (Wildman–Crippen LogP) is 2.77. The Hall–Kier alpha value is -3.08. The molecule has 0 spiro atoms. The zero-order valence-electron chi connectivity index (χ0n) is 13.0. The molecule has 0 atom stereocenters. The number of fused-ring (bicyclic) bond motifs is 1. The Balaban J connectivity index is 1.78. The van der Waals surface area contributed by atoms with Crippen LogP contribution in [0.5, 0.6) is 5.75 Å². The number of hydrogen-bond donors (Lipinski definition) is 2. The van der Waals surface area contributed by atoms with Crippen LogP contribution in [0.15, 0.2) is 57.7 Å².